The van der Waals surface area contributed by atoms with Crippen LogP contribution in [0, 0.1) is 0 Å². The molecule has 0 bridgehead atoms. The lowest BCUT2D eigenvalue weighted by Gasteiger charge is -2.25. The molecule has 23 heavy (non-hydrogen) atoms. The number of aromatic nitrogens is 3. The lowest BCUT2D eigenvalue weighted by Crippen LogP contribution is -2.33. The highest BCUT2D eigenvalue weighted by atomic mass is 16.2. The second-order valence-electron chi connectivity index (χ2n) is 6.55. The highest BCUT2D eigenvalue weighted by Gasteiger charge is 2.19. The smallest absolute Gasteiger partial charge is 0.321 e. The van der Waals surface area contributed by atoms with Gasteiger partial charge in [0.25, 0.3) is 0 Å². The number of rotatable bonds is 3. The molecule has 0 aliphatic carbocycles. The van der Waals surface area contributed by atoms with Gasteiger partial charge in [0.2, 0.25) is 0 Å². The Bertz CT molecular complexity index is 649. The summed E-state index contributed by atoms with van der Waals surface area (Å²) in [4.78, 5) is 26.7. The molecule has 1 atom stereocenters. The highest BCUT2D eigenvalue weighted by Crippen LogP contribution is 2.20. The van der Waals surface area contributed by atoms with Gasteiger partial charge in [0, 0.05) is 24.9 Å². The molecular formula is C17H23N5O. The molecule has 1 unspecified atom stereocenters. The first-order chi connectivity index (χ1) is 10.8. The monoisotopic (exact) mass is 313 g/mol. The van der Waals surface area contributed by atoms with Gasteiger partial charge in [-0.15, -0.1) is 0 Å². The highest BCUT2D eigenvalue weighted by molar-refractivity contribution is 5.89. The average molecular weight is 313 g/mol. The molecule has 2 aromatic heterocycles. The Hall–Kier alpha value is -2.50. The third kappa shape index (κ3) is 4.25. The molecule has 0 saturated carbocycles. The quantitative estimate of drug-likeness (QED) is 0.943. The second-order valence-corrected chi connectivity index (χ2v) is 6.55. The van der Waals surface area contributed by atoms with Crippen LogP contribution in [0.1, 0.15) is 45.1 Å². The van der Waals surface area contributed by atoms with Crippen molar-refractivity contribution in [2.24, 2.45) is 0 Å². The Morgan fingerprint density at radius 2 is 1.87 bits per heavy atom. The summed E-state index contributed by atoms with van der Waals surface area (Å²) in [5.41, 5.74) is 1.44. The summed E-state index contributed by atoms with van der Waals surface area (Å²) in [5.74, 6) is 0.743. The van der Waals surface area contributed by atoms with Gasteiger partial charge in [0.1, 0.15) is 5.82 Å². The number of nitrogens with one attached hydrogen (secondary N) is 1. The zero-order valence-corrected chi connectivity index (χ0v) is 14.2. The van der Waals surface area contributed by atoms with Crippen molar-refractivity contribution in [2.75, 3.05) is 12.4 Å². The Morgan fingerprint density at radius 1 is 1.22 bits per heavy atom. The van der Waals surface area contributed by atoms with Gasteiger partial charge < -0.3 is 10.2 Å². The summed E-state index contributed by atoms with van der Waals surface area (Å²) < 4.78 is 0. The molecule has 0 aromatic carbocycles. The fraction of sp³-hybridized carbons (Fsp3) is 0.412. The van der Waals surface area contributed by atoms with Gasteiger partial charge in [-0.05, 0) is 18.6 Å². The summed E-state index contributed by atoms with van der Waals surface area (Å²) in [6.07, 6.45) is 6.74. The molecule has 122 valence electrons. The van der Waals surface area contributed by atoms with Gasteiger partial charge in [0.05, 0.1) is 24.1 Å². The molecule has 0 aliphatic rings. The number of urea groups is 1. The van der Waals surface area contributed by atoms with Gasteiger partial charge in [-0.1, -0.05) is 26.8 Å². The molecule has 2 aromatic rings. The molecule has 2 rings (SSSR count). The van der Waals surface area contributed by atoms with Crippen LogP contribution in [0.25, 0.3) is 0 Å². The Labute approximate surface area is 137 Å². The maximum atomic E-state index is 12.3. The zero-order chi connectivity index (χ0) is 17.0. The molecule has 2 amide bonds. The van der Waals surface area contributed by atoms with E-state index in [-0.39, 0.29) is 17.5 Å². The Balaban J connectivity index is 2.04. The molecule has 6 heteroatoms. The van der Waals surface area contributed by atoms with E-state index in [1.807, 2.05) is 39.8 Å². The van der Waals surface area contributed by atoms with Gasteiger partial charge in [-0.3, -0.25) is 4.98 Å². The number of carbonyl (C=O) groups excluding carboxylic acids is 1. The van der Waals surface area contributed by atoms with E-state index in [0.29, 0.717) is 5.69 Å². The number of anilines is 1. The van der Waals surface area contributed by atoms with Crippen molar-refractivity contribution in [3.63, 3.8) is 0 Å². The van der Waals surface area contributed by atoms with Crippen molar-refractivity contribution >= 4 is 11.7 Å². The van der Waals surface area contributed by atoms with E-state index >= 15 is 0 Å². The van der Waals surface area contributed by atoms with Crippen LogP contribution in [0.4, 0.5) is 10.5 Å². The summed E-state index contributed by atoms with van der Waals surface area (Å²) in [6, 6.07) is 3.51. The summed E-state index contributed by atoms with van der Waals surface area (Å²) in [6.45, 7) is 8.09. The number of amides is 2. The molecule has 0 radical (unpaired) electrons. The standard InChI is InChI=1S/C17H23N5O/c1-12(13-7-6-8-18-9-13)22(5)16(23)21-14-10-19-15(20-11-14)17(2,3)4/h6-12H,1-5H3,(H,21,23). The van der Waals surface area contributed by atoms with E-state index in [4.69, 9.17) is 0 Å². The second kappa shape index (κ2) is 6.73. The fourth-order valence-corrected chi connectivity index (χ4v) is 2.01. The van der Waals surface area contributed by atoms with E-state index in [9.17, 15) is 4.79 Å². The number of nitrogens with zero attached hydrogens (tertiary/aromatic N) is 4. The van der Waals surface area contributed by atoms with Crippen LogP contribution in [0.5, 0.6) is 0 Å². The van der Waals surface area contributed by atoms with Crippen LogP contribution in [0.3, 0.4) is 0 Å². The Morgan fingerprint density at radius 3 is 2.39 bits per heavy atom. The first kappa shape index (κ1) is 16.9. The first-order valence-electron chi connectivity index (χ1n) is 7.55. The number of pyridine rings is 1. The van der Waals surface area contributed by atoms with E-state index in [1.54, 1.807) is 36.7 Å². The number of carbonyl (C=O) groups is 1. The van der Waals surface area contributed by atoms with Crippen molar-refractivity contribution in [3.05, 3.63) is 48.3 Å². The zero-order valence-electron chi connectivity index (χ0n) is 14.2. The summed E-state index contributed by atoms with van der Waals surface area (Å²) >= 11 is 0. The van der Waals surface area contributed by atoms with Gasteiger partial charge in [0.15, 0.2) is 0 Å². The third-order valence-electron chi connectivity index (χ3n) is 3.64. The molecule has 0 saturated heterocycles. The van der Waals surface area contributed by atoms with Crippen molar-refractivity contribution in [1.82, 2.24) is 19.9 Å². The lowest BCUT2D eigenvalue weighted by molar-refractivity contribution is 0.208. The molecule has 2 heterocycles. The average Bonchev–Trinajstić information content (AvgIpc) is 2.54. The first-order valence-corrected chi connectivity index (χ1v) is 7.55. The normalized spacial score (nSPS) is 12.6. The SMILES string of the molecule is CC(c1cccnc1)N(C)C(=O)Nc1cnc(C(C)(C)C)nc1. The van der Waals surface area contributed by atoms with Crippen LogP contribution in [0.15, 0.2) is 36.9 Å². The Kier molecular flexibility index (Phi) is 4.93. The van der Waals surface area contributed by atoms with Crippen molar-refractivity contribution in [1.29, 1.82) is 0 Å². The van der Waals surface area contributed by atoms with Gasteiger partial charge >= 0.3 is 6.03 Å². The van der Waals surface area contributed by atoms with Crippen LogP contribution in [-0.2, 0) is 5.41 Å². The molecular weight excluding hydrogens is 290 g/mol. The fourth-order valence-electron chi connectivity index (χ4n) is 2.01. The van der Waals surface area contributed by atoms with Crippen molar-refractivity contribution in [3.8, 4) is 0 Å². The maximum absolute atomic E-state index is 12.3. The van der Waals surface area contributed by atoms with E-state index in [1.165, 1.54) is 0 Å². The van der Waals surface area contributed by atoms with E-state index in [2.05, 4.69) is 20.3 Å². The minimum absolute atomic E-state index is 0.0848. The molecule has 0 aliphatic heterocycles. The van der Waals surface area contributed by atoms with Crippen molar-refractivity contribution in [2.45, 2.75) is 39.2 Å². The predicted octanol–water partition coefficient (Wildman–Crippen LogP) is 3.39. The lowest BCUT2D eigenvalue weighted by atomic mass is 9.96. The number of hydrogen-bond acceptors (Lipinski definition) is 4. The largest absolute Gasteiger partial charge is 0.322 e. The summed E-state index contributed by atoms with van der Waals surface area (Å²) in [7, 11) is 1.75. The molecule has 6 nitrogen and oxygen atoms in total. The van der Waals surface area contributed by atoms with Gasteiger partial charge in [-0.25, -0.2) is 14.8 Å². The minimum Gasteiger partial charge on any atom is -0.321 e. The summed E-state index contributed by atoms with van der Waals surface area (Å²) in [5, 5.41) is 2.81. The predicted molar refractivity (Wildman–Crippen MR) is 90.2 cm³/mol. The van der Waals surface area contributed by atoms with Gasteiger partial charge in [-0.2, -0.15) is 0 Å². The van der Waals surface area contributed by atoms with Crippen molar-refractivity contribution < 1.29 is 4.79 Å². The van der Waals surface area contributed by atoms with Crippen LogP contribution in [0.2, 0.25) is 0 Å². The molecule has 1 N–H and O–H groups in total. The third-order valence-corrected chi connectivity index (χ3v) is 3.64. The van der Waals surface area contributed by atoms with E-state index in [0.717, 1.165) is 11.4 Å². The number of hydrogen-bond donors (Lipinski definition) is 1. The minimum atomic E-state index is -0.214. The maximum Gasteiger partial charge on any atom is 0.322 e. The topological polar surface area (TPSA) is 71.0 Å². The van der Waals surface area contributed by atoms with Crippen LogP contribution >= 0.6 is 0 Å². The van der Waals surface area contributed by atoms with Crippen LogP contribution in [-0.4, -0.2) is 32.9 Å². The van der Waals surface area contributed by atoms with E-state index < -0.39 is 0 Å². The molecule has 0 spiro atoms. The van der Waals surface area contributed by atoms with Crippen LogP contribution < -0.4 is 5.32 Å². The molecule has 0 fully saturated rings.